The minimum Gasteiger partial charge on any atom is -0.370 e. The van der Waals surface area contributed by atoms with E-state index in [0.29, 0.717) is 23.9 Å². The van der Waals surface area contributed by atoms with Gasteiger partial charge < -0.3 is 15.6 Å². The lowest BCUT2D eigenvalue weighted by molar-refractivity contribution is -0.118. The molecule has 0 spiro atoms. The lowest BCUT2D eigenvalue weighted by atomic mass is 10.1. The molecule has 0 radical (unpaired) electrons. The first-order chi connectivity index (χ1) is 12.3. The van der Waals surface area contributed by atoms with Crippen molar-refractivity contribution in [1.82, 2.24) is 14.8 Å². The standard InChI is InChI=1S/C18H25N5O2S/c1-5-23-16(9-8-15(19)24)21-22-18(23)26-13(4)17(25)20-14-7-6-11(2)10-12(14)3/h6-7,10,13H,5,8-9H2,1-4H3,(H2,19,24)(H,20,25)/t13-/m0/s1. The summed E-state index contributed by atoms with van der Waals surface area (Å²) in [6.45, 7) is 8.46. The van der Waals surface area contributed by atoms with Gasteiger partial charge in [-0.2, -0.15) is 0 Å². The van der Waals surface area contributed by atoms with Crippen LogP contribution in [0.5, 0.6) is 0 Å². The number of amides is 2. The zero-order valence-electron chi connectivity index (χ0n) is 15.6. The van der Waals surface area contributed by atoms with Crippen molar-refractivity contribution in [2.45, 2.75) is 57.5 Å². The van der Waals surface area contributed by atoms with Gasteiger partial charge in [0.25, 0.3) is 0 Å². The zero-order chi connectivity index (χ0) is 19.3. The van der Waals surface area contributed by atoms with E-state index in [1.54, 1.807) is 0 Å². The van der Waals surface area contributed by atoms with Crippen LogP contribution in [0.25, 0.3) is 0 Å². The SMILES string of the molecule is CCn1c(CCC(N)=O)nnc1S[C@@H](C)C(=O)Nc1ccc(C)cc1C. The molecule has 1 heterocycles. The summed E-state index contributed by atoms with van der Waals surface area (Å²) in [4.78, 5) is 23.5. The number of thioether (sulfide) groups is 1. The molecule has 0 saturated carbocycles. The number of carbonyl (C=O) groups is 2. The summed E-state index contributed by atoms with van der Waals surface area (Å²) >= 11 is 1.35. The quantitative estimate of drug-likeness (QED) is 0.690. The Kier molecular flexibility index (Phi) is 6.79. The number of nitrogens with two attached hydrogens (primary N) is 1. The Morgan fingerprint density at radius 2 is 2.04 bits per heavy atom. The van der Waals surface area contributed by atoms with Crippen molar-refractivity contribution in [3.8, 4) is 0 Å². The molecule has 0 aliphatic rings. The van der Waals surface area contributed by atoms with E-state index in [1.807, 2.05) is 50.5 Å². The van der Waals surface area contributed by atoms with Crippen LogP contribution in [-0.2, 0) is 22.6 Å². The van der Waals surface area contributed by atoms with Crippen LogP contribution in [0.1, 0.15) is 37.2 Å². The average Bonchev–Trinajstić information content (AvgIpc) is 2.96. The smallest absolute Gasteiger partial charge is 0.237 e. The second kappa shape index (κ2) is 8.84. The summed E-state index contributed by atoms with van der Waals surface area (Å²) in [5.41, 5.74) is 8.20. The fraction of sp³-hybridized carbons (Fsp3) is 0.444. The van der Waals surface area contributed by atoms with E-state index < -0.39 is 0 Å². The number of nitrogens with one attached hydrogen (secondary N) is 1. The third kappa shape index (κ3) is 5.08. The normalized spacial score (nSPS) is 12.0. The Morgan fingerprint density at radius 3 is 2.65 bits per heavy atom. The van der Waals surface area contributed by atoms with Crippen molar-refractivity contribution >= 4 is 29.3 Å². The van der Waals surface area contributed by atoms with E-state index >= 15 is 0 Å². The molecule has 7 nitrogen and oxygen atoms in total. The summed E-state index contributed by atoms with van der Waals surface area (Å²) < 4.78 is 1.91. The van der Waals surface area contributed by atoms with Crippen LogP contribution >= 0.6 is 11.8 Å². The Labute approximate surface area is 157 Å². The molecular formula is C18H25N5O2S. The number of carbonyl (C=O) groups excluding carboxylic acids is 2. The highest BCUT2D eigenvalue weighted by Gasteiger charge is 2.20. The van der Waals surface area contributed by atoms with Gasteiger partial charge in [-0.25, -0.2) is 0 Å². The van der Waals surface area contributed by atoms with Crippen molar-refractivity contribution in [2.75, 3.05) is 5.32 Å². The van der Waals surface area contributed by atoms with Crippen molar-refractivity contribution in [2.24, 2.45) is 5.73 Å². The number of rotatable bonds is 8. The highest BCUT2D eigenvalue weighted by atomic mass is 32.2. The third-order valence-electron chi connectivity index (χ3n) is 4.00. The summed E-state index contributed by atoms with van der Waals surface area (Å²) in [5.74, 6) is 0.244. The van der Waals surface area contributed by atoms with Crippen molar-refractivity contribution < 1.29 is 9.59 Å². The van der Waals surface area contributed by atoms with Gasteiger partial charge in [-0.15, -0.1) is 10.2 Å². The summed E-state index contributed by atoms with van der Waals surface area (Å²) in [7, 11) is 0. The Balaban J connectivity index is 2.05. The molecule has 140 valence electrons. The number of anilines is 1. The molecular weight excluding hydrogens is 350 g/mol. The van der Waals surface area contributed by atoms with Gasteiger partial charge >= 0.3 is 0 Å². The number of hydrogen-bond acceptors (Lipinski definition) is 5. The number of nitrogens with zero attached hydrogens (tertiary/aromatic N) is 3. The monoisotopic (exact) mass is 375 g/mol. The summed E-state index contributed by atoms with van der Waals surface area (Å²) in [6.07, 6.45) is 0.672. The van der Waals surface area contributed by atoms with E-state index in [-0.39, 0.29) is 23.5 Å². The van der Waals surface area contributed by atoms with Crippen LogP contribution in [0.4, 0.5) is 5.69 Å². The molecule has 1 atom stereocenters. The largest absolute Gasteiger partial charge is 0.370 e. The lowest BCUT2D eigenvalue weighted by Gasteiger charge is -2.14. The Hall–Kier alpha value is -2.35. The highest BCUT2D eigenvalue weighted by Crippen LogP contribution is 2.24. The molecule has 0 saturated heterocycles. The van der Waals surface area contributed by atoms with E-state index in [2.05, 4.69) is 15.5 Å². The number of hydrogen-bond donors (Lipinski definition) is 2. The number of benzene rings is 1. The molecule has 2 aromatic rings. The average molecular weight is 375 g/mol. The van der Waals surface area contributed by atoms with Crippen molar-refractivity contribution in [3.63, 3.8) is 0 Å². The highest BCUT2D eigenvalue weighted by molar-refractivity contribution is 8.00. The topological polar surface area (TPSA) is 103 Å². The fourth-order valence-electron chi connectivity index (χ4n) is 2.54. The van der Waals surface area contributed by atoms with Crippen LogP contribution in [0, 0.1) is 13.8 Å². The second-order valence-corrected chi connectivity index (χ2v) is 7.49. The molecule has 0 aliphatic carbocycles. The molecule has 1 aromatic carbocycles. The minimum absolute atomic E-state index is 0.0914. The number of primary amides is 1. The maximum atomic E-state index is 12.5. The maximum Gasteiger partial charge on any atom is 0.237 e. The molecule has 0 bridgehead atoms. The third-order valence-corrected chi connectivity index (χ3v) is 5.08. The first-order valence-corrected chi connectivity index (χ1v) is 9.45. The lowest BCUT2D eigenvalue weighted by Crippen LogP contribution is -2.23. The van der Waals surface area contributed by atoms with Crippen LogP contribution in [-0.4, -0.2) is 31.8 Å². The molecule has 2 rings (SSSR count). The predicted octanol–water partition coefficient (Wildman–Crippen LogP) is 2.45. The van der Waals surface area contributed by atoms with Gasteiger partial charge in [-0.3, -0.25) is 9.59 Å². The van der Waals surface area contributed by atoms with Crippen LogP contribution in [0.15, 0.2) is 23.4 Å². The van der Waals surface area contributed by atoms with E-state index in [4.69, 9.17) is 5.73 Å². The molecule has 0 fully saturated rings. The van der Waals surface area contributed by atoms with E-state index in [0.717, 1.165) is 16.8 Å². The van der Waals surface area contributed by atoms with Gasteiger partial charge in [-0.1, -0.05) is 29.5 Å². The number of aromatic nitrogens is 3. The first kappa shape index (κ1) is 20.0. The molecule has 2 amide bonds. The van der Waals surface area contributed by atoms with Gasteiger partial charge in [0, 0.05) is 25.1 Å². The van der Waals surface area contributed by atoms with Gasteiger partial charge in [0.2, 0.25) is 11.8 Å². The Bertz CT molecular complexity index is 803. The molecule has 1 aromatic heterocycles. The molecule has 0 unspecified atom stereocenters. The molecule has 3 N–H and O–H groups in total. The van der Waals surface area contributed by atoms with Crippen LogP contribution < -0.4 is 11.1 Å². The predicted molar refractivity (Wildman–Crippen MR) is 103 cm³/mol. The number of aryl methyl sites for hydroxylation is 3. The summed E-state index contributed by atoms with van der Waals surface area (Å²) in [5, 5.41) is 11.6. The zero-order valence-corrected chi connectivity index (χ0v) is 16.4. The minimum atomic E-state index is -0.369. The maximum absolute atomic E-state index is 12.5. The molecule has 0 aliphatic heterocycles. The van der Waals surface area contributed by atoms with Gasteiger partial charge in [-0.05, 0) is 39.3 Å². The van der Waals surface area contributed by atoms with Gasteiger partial charge in [0.15, 0.2) is 5.16 Å². The van der Waals surface area contributed by atoms with Crippen molar-refractivity contribution in [3.05, 3.63) is 35.2 Å². The van der Waals surface area contributed by atoms with Crippen LogP contribution in [0.3, 0.4) is 0 Å². The van der Waals surface area contributed by atoms with E-state index in [9.17, 15) is 9.59 Å². The second-order valence-electron chi connectivity index (χ2n) is 6.18. The summed E-state index contributed by atoms with van der Waals surface area (Å²) in [6, 6.07) is 5.92. The molecule has 26 heavy (non-hydrogen) atoms. The fourth-order valence-corrected chi connectivity index (χ4v) is 3.48. The van der Waals surface area contributed by atoms with Gasteiger partial charge in [0.05, 0.1) is 5.25 Å². The first-order valence-electron chi connectivity index (χ1n) is 8.57. The van der Waals surface area contributed by atoms with Gasteiger partial charge in [0.1, 0.15) is 5.82 Å². The molecule has 8 heteroatoms. The van der Waals surface area contributed by atoms with Crippen LogP contribution in [0.2, 0.25) is 0 Å². The van der Waals surface area contributed by atoms with E-state index in [1.165, 1.54) is 11.8 Å². The Morgan fingerprint density at radius 1 is 1.31 bits per heavy atom. The van der Waals surface area contributed by atoms with Crippen molar-refractivity contribution in [1.29, 1.82) is 0 Å².